The van der Waals surface area contributed by atoms with Crippen LogP contribution in [0.15, 0.2) is 18.2 Å². The number of aromatic nitrogens is 2. The van der Waals surface area contributed by atoms with Crippen LogP contribution in [-0.2, 0) is 16.0 Å². The molecule has 1 aromatic carbocycles. The molecule has 152 valence electrons. The molecule has 7 heteroatoms. The van der Waals surface area contributed by atoms with E-state index in [4.69, 9.17) is 4.74 Å². The number of likely N-dealkylation sites (tertiary alicyclic amines) is 1. The number of fused-ring (bicyclic) bond motifs is 1. The summed E-state index contributed by atoms with van der Waals surface area (Å²) in [6.45, 7) is 5.29. The van der Waals surface area contributed by atoms with Crippen molar-refractivity contribution in [3.8, 4) is 5.75 Å². The summed E-state index contributed by atoms with van der Waals surface area (Å²) in [4.78, 5) is 33.8. The van der Waals surface area contributed by atoms with Crippen molar-refractivity contribution in [2.45, 2.75) is 39.5 Å². The SMILES string of the molecule is COc1cccc2[nH]c(CC3CN(C(=O)CC(C)C)CCC3CC(=O)O)nc12. The Hall–Kier alpha value is -2.57. The van der Waals surface area contributed by atoms with Gasteiger partial charge in [0.1, 0.15) is 17.1 Å². The monoisotopic (exact) mass is 387 g/mol. The number of nitrogens with zero attached hydrogens (tertiary/aromatic N) is 2. The number of aliphatic carboxylic acids is 1. The van der Waals surface area contributed by atoms with E-state index in [-0.39, 0.29) is 24.2 Å². The maximum absolute atomic E-state index is 12.5. The topological polar surface area (TPSA) is 95.5 Å². The van der Waals surface area contributed by atoms with Gasteiger partial charge in [-0.3, -0.25) is 9.59 Å². The number of carbonyl (C=O) groups excluding carboxylic acids is 1. The van der Waals surface area contributed by atoms with Crippen LogP contribution in [0.5, 0.6) is 5.75 Å². The Kier molecular flexibility index (Phi) is 6.21. The second-order valence-corrected chi connectivity index (χ2v) is 8.09. The molecule has 0 spiro atoms. The van der Waals surface area contributed by atoms with Gasteiger partial charge in [-0.1, -0.05) is 19.9 Å². The number of benzene rings is 1. The number of carboxylic acid groups (broad SMARTS) is 1. The van der Waals surface area contributed by atoms with Crippen LogP contribution in [0.3, 0.4) is 0 Å². The van der Waals surface area contributed by atoms with Crippen molar-refractivity contribution in [2.24, 2.45) is 17.8 Å². The smallest absolute Gasteiger partial charge is 0.303 e. The molecule has 2 aromatic rings. The zero-order valence-electron chi connectivity index (χ0n) is 16.8. The summed E-state index contributed by atoms with van der Waals surface area (Å²) in [5, 5.41) is 9.31. The molecule has 1 aromatic heterocycles. The van der Waals surface area contributed by atoms with Crippen LogP contribution in [0.25, 0.3) is 11.0 Å². The third kappa shape index (κ3) is 4.64. The number of carboxylic acids is 1. The van der Waals surface area contributed by atoms with Gasteiger partial charge in [0.2, 0.25) is 5.91 Å². The normalized spacial score (nSPS) is 19.9. The minimum Gasteiger partial charge on any atom is -0.494 e. The standard InChI is InChI=1S/C21H29N3O4/c1-13(2)9-19(25)24-8-7-14(11-20(26)27)15(12-24)10-18-22-16-5-4-6-17(28-3)21(16)23-18/h4-6,13-15H,7-12H2,1-3H3,(H,22,23)(H,26,27). The number of rotatable bonds is 7. The third-order valence-electron chi connectivity index (χ3n) is 5.46. The van der Waals surface area contributed by atoms with Crippen LogP contribution in [-0.4, -0.2) is 52.1 Å². The lowest BCUT2D eigenvalue weighted by atomic mass is 9.81. The molecule has 7 nitrogen and oxygen atoms in total. The summed E-state index contributed by atoms with van der Waals surface area (Å²) in [5.74, 6) is 1.29. The highest BCUT2D eigenvalue weighted by Crippen LogP contribution is 2.31. The van der Waals surface area contributed by atoms with E-state index in [9.17, 15) is 14.7 Å². The van der Waals surface area contributed by atoms with E-state index in [2.05, 4.69) is 9.97 Å². The number of amides is 1. The number of ether oxygens (including phenoxy) is 1. The highest BCUT2D eigenvalue weighted by Gasteiger charge is 2.33. The predicted molar refractivity (Wildman–Crippen MR) is 106 cm³/mol. The predicted octanol–water partition coefficient (Wildman–Crippen LogP) is 3.10. The van der Waals surface area contributed by atoms with Gasteiger partial charge >= 0.3 is 5.97 Å². The molecule has 3 rings (SSSR count). The average molecular weight is 387 g/mol. The van der Waals surface area contributed by atoms with Gasteiger partial charge in [-0.2, -0.15) is 0 Å². The molecular weight excluding hydrogens is 358 g/mol. The second kappa shape index (κ2) is 8.63. The van der Waals surface area contributed by atoms with Gasteiger partial charge in [0.15, 0.2) is 0 Å². The number of piperidine rings is 1. The number of carbonyl (C=O) groups is 2. The fraction of sp³-hybridized carbons (Fsp3) is 0.571. The zero-order valence-corrected chi connectivity index (χ0v) is 16.8. The maximum atomic E-state index is 12.5. The van der Waals surface area contributed by atoms with Crippen molar-refractivity contribution >= 4 is 22.9 Å². The van der Waals surface area contributed by atoms with Crippen LogP contribution in [0.2, 0.25) is 0 Å². The van der Waals surface area contributed by atoms with Gasteiger partial charge in [0, 0.05) is 32.4 Å². The summed E-state index contributed by atoms with van der Waals surface area (Å²) >= 11 is 0. The van der Waals surface area contributed by atoms with Crippen molar-refractivity contribution in [1.29, 1.82) is 0 Å². The van der Waals surface area contributed by atoms with E-state index in [0.29, 0.717) is 44.0 Å². The van der Waals surface area contributed by atoms with Crippen molar-refractivity contribution < 1.29 is 19.4 Å². The molecule has 2 unspecified atom stereocenters. The molecule has 0 saturated carbocycles. The molecule has 1 fully saturated rings. The lowest BCUT2D eigenvalue weighted by molar-refractivity contribution is -0.140. The summed E-state index contributed by atoms with van der Waals surface area (Å²) in [7, 11) is 1.62. The first-order valence-electron chi connectivity index (χ1n) is 9.88. The largest absolute Gasteiger partial charge is 0.494 e. The van der Waals surface area contributed by atoms with Crippen molar-refractivity contribution in [3.63, 3.8) is 0 Å². The van der Waals surface area contributed by atoms with Gasteiger partial charge < -0.3 is 19.7 Å². The molecule has 0 aliphatic carbocycles. The Morgan fingerprint density at radius 1 is 1.36 bits per heavy atom. The molecule has 28 heavy (non-hydrogen) atoms. The molecule has 1 aliphatic rings. The number of nitrogens with one attached hydrogen (secondary N) is 1. The summed E-state index contributed by atoms with van der Waals surface area (Å²) in [6, 6.07) is 5.72. The number of methoxy groups -OCH3 is 1. The molecule has 1 saturated heterocycles. The Labute approximate surface area is 165 Å². The van der Waals surface area contributed by atoms with Crippen LogP contribution < -0.4 is 4.74 Å². The van der Waals surface area contributed by atoms with Gasteiger partial charge in [0.25, 0.3) is 0 Å². The average Bonchev–Trinajstić information content (AvgIpc) is 3.04. The van der Waals surface area contributed by atoms with Crippen molar-refractivity contribution in [2.75, 3.05) is 20.2 Å². The second-order valence-electron chi connectivity index (χ2n) is 8.09. The quantitative estimate of drug-likeness (QED) is 0.761. The van der Waals surface area contributed by atoms with Gasteiger partial charge in [-0.15, -0.1) is 0 Å². The number of H-pyrrole nitrogens is 1. The maximum Gasteiger partial charge on any atom is 0.303 e. The minimum atomic E-state index is -0.789. The first-order chi connectivity index (χ1) is 13.4. The molecule has 2 atom stereocenters. The Morgan fingerprint density at radius 3 is 2.82 bits per heavy atom. The molecule has 2 N–H and O–H groups in total. The molecule has 0 bridgehead atoms. The molecular formula is C21H29N3O4. The van der Waals surface area contributed by atoms with Crippen LogP contribution in [0.4, 0.5) is 0 Å². The Balaban J connectivity index is 1.80. The lowest BCUT2D eigenvalue weighted by Gasteiger charge is -2.38. The summed E-state index contributed by atoms with van der Waals surface area (Å²) in [5.41, 5.74) is 1.67. The van der Waals surface area contributed by atoms with Gasteiger partial charge in [-0.25, -0.2) is 4.98 Å². The highest BCUT2D eigenvalue weighted by atomic mass is 16.5. The molecule has 1 amide bonds. The fourth-order valence-corrected chi connectivity index (χ4v) is 4.08. The molecule has 2 heterocycles. The van der Waals surface area contributed by atoms with Crippen LogP contribution >= 0.6 is 0 Å². The van der Waals surface area contributed by atoms with E-state index < -0.39 is 5.97 Å². The number of aromatic amines is 1. The zero-order chi connectivity index (χ0) is 20.3. The van der Waals surface area contributed by atoms with E-state index in [0.717, 1.165) is 16.9 Å². The van der Waals surface area contributed by atoms with Gasteiger partial charge in [-0.05, 0) is 36.3 Å². The number of imidazole rings is 1. The summed E-state index contributed by atoms with van der Waals surface area (Å²) < 4.78 is 5.38. The summed E-state index contributed by atoms with van der Waals surface area (Å²) in [6.07, 6.45) is 1.98. The fourth-order valence-electron chi connectivity index (χ4n) is 4.08. The lowest BCUT2D eigenvalue weighted by Crippen LogP contribution is -2.45. The first-order valence-corrected chi connectivity index (χ1v) is 9.88. The van der Waals surface area contributed by atoms with Gasteiger partial charge in [0.05, 0.1) is 12.6 Å². The minimum absolute atomic E-state index is 0.0377. The Morgan fingerprint density at radius 2 is 2.14 bits per heavy atom. The van der Waals surface area contributed by atoms with Crippen LogP contribution in [0, 0.1) is 17.8 Å². The Bertz CT molecular complexity index is 845. The van der Waals surface area contributed by atoms with Crippen molar-refractivity contribution in [3.05, 3.63) is 24.0 Å². The van der Waals surface area contributed by atoms with E-state index in [1.165, 1.54) is 0 Å². The van der Waals surface area contributed by atoms with E-state index in [1.807, 2.05) is 36.9 Å². The third-order valence-corrected chi connectivity index (χ3v) is 5.46. The number of hydrogen-bond acceptors (Lipinski definition) is 4. The number of para-hydroxylation sites is 1. The molecule has 1 aliphatic heterocycles. The van der Waals surface area contributed by atoms with E-state index in [1.54, 1.807) is 7.11 Å². The number of hydrogen-bond donors (Lipinski definition) is 2. The van der Waals surface area contributed by atoms with Crippen LogP contribution in [0.1, 0.15) is 38.9 Å². The first kappa shape index (κ1) is 20.2. The molecule has 0 radical (unpaired) electrons. The highest BCUT2D eigenvalue weighted by molar-refractivity contribution is 5.81. The van der Waals surface area contributed by atoms with E-state index >= 15 is 0 Å². The van der Waals surface area contributed by atoms with Crippen molar-refractivity contribution in [1.82, 2.24) is 14.9 Å².